The van der Waals surface area contributed by atoms with Gasteiger partial charge in [-0.05, 0) is 38.1 Å². The maximum absolute atomic E-state index is 12.9. The summed E-state index contributed by atoms with van der Waals surface area (Å²) in [4.78, 5) is 27.5. The van der Waals surface area contributed by atoms with E-state index in [2.05, 4.69) is 15.5 Å². The van der Waals surface area contributed by atoms with E-state index in [1.54, 1.807) is 12.1 Å². The van der Waals surface area contributed by atoms with Crippen LogP contribution in [-0.4, -0.2) is 46.1 Å². The van der Waals surface area contributed by atoms with Gasteiger partial charge in [0.25, 0.3) is 0 Å². The van der Waals surface area contributed by atoms with Gasteiger partial charge in [0, 0.05) is 37.3 Å². The summed E-state index contributed by atoms with van der Waals surface area (Å²) in [6.45, 7) is 5.56. The Hall–Kier alpha value is -3.16. The fourth-order valence-electron chi connectivity index (χ4n) is 4.16. The molecule has 8 heteroatoms. The predicted octanol–water partition coefficient (Wildman–Crippen LogP) is 3.64. The van der Waals surface area contributed by atoms with Gasteiger partial charge < -0.3 is 10.6 Å². The number of para-hydroxylation sites is 2. The summed E-state index contributed by atoms with van der Waals surface area (Å²) in [5.74, 6) is -0.210. The fraction of sp³-hybridized carbons (Fsp3) is 0.292. The average molecular weight is 452 g/mol. The van der Waals surface area contributed by atoms with Crippen molar-refractivity contribution in [1.82, 2.24) is 20.0 Å². The predicted molar refractivity (Wildman–Crippen MR) is 125 cm³/mol. The van der Waals surface area contributed by atoms with Gasteiger partial charge in [0.15, 0.2) is 0 Å². The van der Waals surface area contributed by atoms with E-state index in [4.69, 9.17) is 16.7 Å². The number of carbonyl (C=O) groups excluding carboxylic acids is 2. The number of halogens is 1. The van der Waals surface area contributed by atoms with Crippen LogP contribution >= 0.6 is 11.6 Å². The first-order valence-electron chi connectivity index (χ1n) is 10.6. The highest BCUT2D eigenvalue weighted by Gasteiger charge is 2.35. The second-order valence-corrected chi connectivity index (χ2v) is 8.25. The molecule has 3 aromatic rings. The van der Waals surface area contributed by atoms with Crippen molar-refractivity contribution in [1.29, 1.82) is 0 Å². The van der Waals surface area contributed by atoms with Crippen molar-refractivity contribution < 1.29 is 9.59 Å². The van der Waals surface area contributed by atoms with Crippen molar-refractivity contribution in [3.05, 3.63) is 76.6 Å². The minimum Gasteiger partial charge on any atom is -0.353 e. The molecule has 166 valence electrons. The average Bonchev–Trinajstić information content (AvgIpc) is 3.08. The monoisotopic (exact) mass is 451 g/mol. The lowest BCUT2D eigenvalue weighted by Crippen LogP contribution is -2.50. The van der Waals surface area contributed by atoms with Gasteiger partial charge in [0.05, 0.1) is 22.1 Å². The molecule has 32 heavy (non-hydrogen) atoms. The Morgan fingerprint density at radius 1 is 1.16 bits per heavy atom. The molecule has 1 saturated heterocycles. The molecule has 7 nitrogen and oxygen atoms in total. The van der Waals surface area contributed by atoms with Gasteiger partial charge in [-0.1, -0.05) is 41.9 Å². The quantitative estimate of drug-likeness (QED) is 0.599. The van der Waals surface area contributed by atoms with Gasteiger partial charge >= 0.3 is 0 Å². The summed E-state index contributed by atoms with van der Waals surface area (Å²) >= 11 is 6.14. The third-order valence-corrected chi connectivity index (χ3v) is 6.04. The first-order chi connectivity index (χ1) is 15.5. The second-order valence-electron chi connectivity index (χ2n) is 7.84. The van der Waals surface area contributed by atoms with Crippen LogP contribution < -0.4 is 10.6 Å². The van der Waals surface area contributed by atoms with Crippen LogP contribution in [0, 0.1) is 13.8 Å². The van der Waals surface area contributed by atoms with Gasteiger partial charge in [-0.2, -0.15) is 5.10 Å². The van der Waals surface area contributed by atoms with Gasteiger partial charge in [0.2, 0.25) is 11.8 Å². The van der Waals surface area contributed by atoms with Crippen molar-refractivity contribution in [2.45, 2.75) is 26.3 Å². The molecule has 1 fully saturated rings. The molecule has 0 saturated carbocycles. The van der Waals surface area contributed by atoms with Crippen molar-refractivity contribution in [3.63, 3.8) is 0 Å². The van der Waals surface area contributed by atoms with Crippen LogP contribution in [0.2, 0.25) is 5.02 Å². The summed E-state index contributed by atoms with van der Waals surface area (Å²) in [5, 5.41) is 11.0. The van der Waals surface area contributed by atoms with Crippen molar-refractivity contribution >= 4 is 29.1 Å². The zero-order valence-corrected chi connectivity index (χ0v) is 18.9. The number of aromatic nitrogens is 2. The van der Waals surface area contributed by atoms with Gasteiger partial charge in [-0.25, -0.2) is 4.68 Å². The van der Waals surface area contributed by atoms with E-state index in [-0.39, 0.29) is 18.2 Å². The van der Waals surface area contributed by atoms with Crippen LogP contribution in [0.25, 0.3) is 5.69 Å². The molecule has 1 atom stereocenters. The summed E-state index contributed by atoms with van der Waals surface area (Å²) in [6, 6.07) is 16.5. The zero-order chi connectivity index (χ0) is 22.7. The Morgan fingerprint density at radius 3 is 2.62 bits per heavy atom. The minimum absolute atomic E-state index is 0.0680. The van der Waals surface area contributed by atoms with E-state index in [0.717, 1.165) is 22.6 Å². The summed E-state index contributed by atoms with van der Waals surface area (Å²) in [6.07, 6.45) is 0.250. The molecular weight excluding hydrogens is 426 g/mol. The SMILES string of the molecule is Cc1nn(-c2ccccc2)c(C)c1[C@H]1C(=O)NCCN1CCC(=O)Nc1ccccc1Cl. The largest absolute Gasteiger partial charge is 0.353 e. The van der Waals surface area contributed by atoms with Crippen LogP contribution in [0.4, 0.5) is 5.69 Å². The molecule has 2 N–H and O–H groups in total. The third-order valence-electron chi connectivity index (χ3n) is 5.71. The number of carbonyl (C=O) groups is 2. The molecule has 2 heterocycles. The molecule has 1 aromatic heterocycles. The lowest BCUT2D eigenvalue weighted by atomic mass is 10.00. The number of nitrogens with zero attached hydrogens (tertiary/aromatic N) is 3. The van der Waals surface area contributed by atoms with E-state index < -0.39 is 6.04 Å². The molecule has 0 radical (unpaired) electrons. The Balaban J connectivity index is 1.54. The summed E-state index contributed by atoms with van der Waals surface area (Å²) < 4.78 is 1.87. The highest BCUT2D eigenvalue weighted by Crippen LogP contribution is 2.30. The van der Waals surface area contributed by atoms with Gasteiger partial charge in [-0.3, -0.25) is 14.5 Å². The Bertz CT molecular complexity index is 1130. The number of rotatable bonds is 6. The molecule has 0 bridgehead atoms. The number of benzene rings is 2. The smallest absolute Gasteiger partial charge is 0.242 e. The zero-order valence-electron chi connectivity index (χ0n) is 18.1. The second kappa shape index (κ2) is 9.54. The van der Waals surface area contributed by atoms with E-state index in [1.807, 2.05) is 61.0 Å². The maximum atomic E-state index is 12.9. The van der Waals surface area contributed by atoms with Crippen molar-refractivity contribution in [2.24, 2.45) is 0 Å². The minimum atomic E-state index is -0.491. The molecule has 0 aliphatic carbocycles. The lowest BCUT2D eigenvalue weighted by molar-refractivity contribution is -0.130. The lowest BCUT2D eigenvalue weighted by Gasteiger charge is -2.35. The first-order valence-corrected chi connectivity index (χ1v) is 11.0. The third kappa shape index (κ3) is 4.54. The molecule has 1 aliphatic heterocycles. The highest BCUT2D eigenvalue weighted by atomic mass is 35.5. The standard InChI is InChI=1S/C24H26ClN5O2/c1-16-22(17(2)30(28-16)18-8-4-3-5-9-18)23-24(32)26-13-15-29(23)14-12-21(31)27-20-11-7-6-10-19(20)25/h3-11,23H,12-15H2,1-2H3,(H,26,32)(H,27,31)/t23-/m0/s1. The number of nitrogens with one attached hydrogen (secondary N) is 2. The number of hydrogen-bond donors (Lipinski definition) is 2. The van der Waals surface area contributed by atoms with Crippen LogP contribution in [-0.2, 0) is 9.59 Å². The van der Waals surface area contributed by atoms with Crippen molar-refractivity contribution in [3.8, 4) is 5.69 Å². The van der Waals surface area contributed by atoms with Crippen LogP contribution in [0.3, 0.4) is 0 Å². The molecule has 0 unspecified atom stereocenters. The van der Waals surface area contributed by atoms with Crippen molar-refractivity contribution in [2.75, 3.05) is 25.0 Å². The Kier molecular flexibility index (Phi) is 6.58. The molecule has 4 rings (SSSR count). The van der Waals surface area contributed by atoms with Gasteiger partial charge in [0.1, 0.15) is 6.04 Å². The number of piperazine rings is 1. The maximum Gasteiger partial charge on any atom is 0.242 e. The molecule has 2 aromatic carbocycles. The Morgan fingerprint density at radius 2 is 1.88 bits per heavy atom. The number of amides is 2. The van der Waals surface area contributed by atoms with E-state index >= 15 is 0 Å². The summed E-state index contributed by atoms with van der Waals surface area (Å²) in [5.41, 5.74) is 4.14. The normalized spacial score (nSPS) is 16.6. The molecule has 0 spiro atoms. The highest BCUT2D eigenvalue weighted by molar-refractivity contribution is 6.33. The van der Waals surface area contributed by atoms with Crippen LogP contribution in [0.15, 0.2) is 54.6 Å². The Labute approximate surface area is 192 Å². The molecule has 1 aliphatic rings. The number of aryl methyl sites for hydroxylation is 1. The summed E-state index contributed by atoms with van der Waals surface area (Å²) in [7, 11) is 0. The van der Waals surface area contributed by atoms with E-state index in [1.165, 1.54) is 0 Å². The molecular formula is C24H26ClN5O2. The van der Waals surface area contributed by atoms with E-state index in [0.29, 0.717) is 30.3 Å². The van der Waals surface area contributed by atoms with Crippen LogP contribution in [0.5, 0.6) is 0 Å². The number of anilines is 1. The van der Waals surface area contributed by atoms with E-state index in [9.17, 15) is 9.59 Å². The topological polar surface area (TPSA) is 79.3 Å². The van der Waals surface area contributed by atoms with Gasteiger partial charge in [-0.15, -0.1) is 0 Å². The first kappa shape index (κ1) is 22.0. The van der Waals surface area contributed by atoms with Crippen LogP contribution in [0.1, 0.15) is 29.4 Å². The fourth-order valence-corrected chi connectivity index (χ4v) is 4.34. The number of hydrogen-bond acceptors (Lipinski definition) is 4. The molecule has 2 amide bonds.